The predicted molar refractivity (Wildman–Crippen MR) is 119 cm³/mol. The molecule has 2 unspecified atom stereocenters. The Hall–Kier alpha value is -2.40. The van der Waals surface area contributed by atoms with Crippen LogP contribution in [-0.4, -0.2) is 55.9 Å². The van der Waals surface area contributed by atoms with Crippen LogP contribution >= 0.6 is 11.6 Å². The Bertz CT molecular complexity index is 1200. The largest absolute Gasteiger partial charge is 0.401 e. The summed E-state index contributed by atoms with van der Waals surface area (Å²) in [5.74, 6) is -0.479. The van der Waals surface area contributed by atoms with Gasteiger partial charge in [0.25, 0.3) is 0 Å². The van der Waals surface area contributed by atoms with E-state index in [4.69, 9.17) is 16.6 Å². The lowest BCUT2D eigenvalue weighted by Gasteiger charge is -2.31. The molecular weight excluding hydrogens is 476 g/mol. The van der Waals surface area contributed by atoms with Crippen molar-refractivity contribution in [3.8, 4) is 0 Å². The van der Waals surface area contributed by atoms with Crippen molar-refractivity contribution in [3.05, 3.63) is 24.3 Å². The van der Waals surface area contributed by atoms with Gasteiger partial charge in [0.1, 0.15) is 17.0 Å². The summed E-state index contributed by atoms with van der Waals surface area (Å²) in [6.07, 6.45) is 2.35. The van der Waals surface area contributed by atoms with Crippen molar-refractivity contribution in [1.29, 1.82) is 0 Å². The van der Waals surface area contributed by atoms with E-state index in [1.807, 2.05) is 6.07 Å². The smallest absolute Gasteiger partial charge is 0.355 e. The molecule has 3 aromatic heterocycles. The zero-order valence-corrected chi connectivity index (χ0v) is 19.0. The number of carbonyl (C=O) groups is 1. The maximum Gasteiger partial charge on any atom is 0.401 e. The van der Waals surface area contributed by atoms with E-state index in [0.29, 0.717) is 32.1 Å². The number of imidazole rings is 1. The highest BCUT2D eigenvalue weighted by molar-refractivity contribution is 6.27. The normalized spacial score (nSPS) is 27.4. The standard InChI is InChI=1S/C22H25ClF4N6O/c23-21(24)9-15(21)20(34)29-8-6-17-32-16-10-30-19-14(5-7-28-19)18(16)33(17)13-3-1-12(2-4-13)31-11-22(25,26)27/h5,7,10,12-13,15,31H,1-4,6,8-9,11H2,(H,28,30)(H,29,34). The number of aromatic amines is 1. The van der Waals surface area contributed by atoms with Crippen LogP contribution in [0.15, 0.2) is 18.5 Å². The van der Waals surface area contributed by atoms with Crippen molar-refractivity contribution in [1.82, 2.24) is 30.2 Å². The van der Waals surface area contributed by atoms with Crippen LogP contribution in [0.1, 0.15) is 44.0 Å². The quantitative estimate of drug-likeness (QED) is 0.336. The first-order valence-electron chi connectivity index (χ1n) is 11.4. The van der Waals surface area contributed by atoms with Gasteiger partial charge in [-0.1, -0.05) is 11.6 Å². The highest BCUT2D eigenvalue weighted by Crippen LogP contribution is 2.50. The molecule has 0 aliphatic heterocycles. The zero-order valence-electron chi connectivity index (χ0n) is 18.3. The molecule has 5 rings (SSSR count). The van der Waals surface area contributed by atoms with Gasteiger partial charge in [0, 0.05) is 43.1 Å². The highest BCUT2D eigenvalue weighted by atomic mass is 35.5. The third kappa shape index (κ3) is 4.72. The Morgan fingerprint density at radius 3 is 2.71 bits per heavy atom. The van der Waals surface area contributed by atoms with Crippen LogP contribution in [0.3, 0.4) is 0 Å². The number of nitrogens with one attached hydrogen (secondary N) is 3. The summed E-state index contributed by atoms with van der Waals surface area (Å²) in [6, 6.07) is 1.81. The molecule has 0 saturated heterocycles. The predicted octanol–water partition coefficient (Wildman–Crippen LogP) is 4.13. The fourth-order valence-electron chi connectivity index (χ4n) is 4.93. The maximum atomic E-state index is 13.6. The molecule has 0 bridgehead atoms. The number of fused-ring (bicyclic) bond motifs is 3. The van der Waals surface area contributed by atoms with Gasteiger partial charge in [-0.05, 0) is 31.7 Å². The minimum Gasteiger partial charge on any atom is -0.355 e. The maximum absolute atomic E-state index is 13.6. The lowest BCUT2D eigenvalue weighted by molar-refractivity contribution is -0.126. The summed E-state index contributed by atoms with van der Waals surface area (Å²) >= 11 is 5.56. The van der Waals surface area contributed by atoms with E-state index in [1.54, 1.807) is 12.4 Å². The molecule has 7 nitrogen and oxygen atoms in total. The Morgan fingerprint density at radius 1 is 1.29 bits per heavy atom. The molecular formula is C22H25ClF4N6O. The van der Waals surface area contributed by atoms with E-state index in [0.717, 1.165) is 27.9 Å². The number of pyridine rings is 1. The Labute approximate surface area is 197 Å². The summed E-state index contributed by atoms with van der Waals surface area (Å²) in [5.41, 5.74) is 2.37. The van der Waals surface area contributed by atoms with Crippen molar-refractivity contribution in [2.45, 2.75) is 61.9 Å². The Balaban J connectivity index is 1.35. The second-order valence-electron chi connectivity index (χ2n) is 9.19. The molecule has 184 valence electrons. The van der Waals surface area contributed by atoms with Gasteiger partial charge in [-0.25, -0.2) is 14.4 Å². The molecule has 3 aromatic rings. The number of nitrogens with zero attached hydrogens (tertiary/aromatic N) is 3. The van der Waals surface area contributed by atoms with Crippen molar-refractivity contribution >= 4 is 39.6 Å². The molecule has 34 heavy (non-hydrogen) atoms. The van der Waals surface area contributed by atoms with Crippen LogP contribution in [0, 0.1) is 5.92 Å². The summed E-state index contributed by atoms with van der Waals surface area (Å²) in [4.78, 5) is 24.4. The summed E-state index contributed by atoms with van der Waals surface area (Å²) in [5, 5.41) is 4.33. The highest BCUT2D eigenvalue weighted by Gasteiger charge is 2.58. The van der Waals surface area contributed by atoms with E-state index in [-0.39, 0.29) is 25.0 Å². The molecule has 2 saturated carbocycles. The number of hydrogen-bond acceptors (Lipinski definition) is 4. The van der Waals surface area contributed by atoms with E-state index in [9.17, 15) is 22.4 Å². The van der Waals surface area contributed by atoms with E-state index in [2.05, 4.69) is 25.2 Å². The van der Waals surface area contributed by atoms with Gasteiger partial charge in [-0.3, -0.25) is 4.79 Å². The third-order valence-corrected chi connectivity index (χ3v) is 7.17. The van der Waals surface area contributed by atoms with Crippen LogP contribution in [-0.2, 0) is 11.2 Å². The van der Waals surface area contributed by atoms with Crippen molar-refractivity contribution in [2.24, 2.45) is 5.92 Å². The van der Waals surface area contributed by atoms with E-state index in [1.165, 1.54) is 0 Å². The van der Waals surface area contributed by atoms with Crippen molar-refractivity contribution in [2.75, 3.05) is 13.1 Å². The first-order chi connectivity index (χ1) is 16.1. The number of aromatic nitrogens is 4. The number of rotatable bonds is 7. The van der Waals surface area contributed by atoms with Gasteiger partial charge < -0.3 is 20.2 Å². The number of hydrogen-bond donors (Lipinski definition) is 3. The molecule has 3 N–H and O–H groups in total. The summed E-state index contributed by atoms with van der Waals surface area (Å²) < 4.78 is 53.5. The minimum absolute atomic E-state index is 0.0155. The molecule has 2 fully saturated rings. The van der Waals surface area contributed by atoms with E-state index >= 15 is 0 Å². The molecule has 1 amide bonds. The summed E-state index contributed by atoms with van der Waals surface area (Å²) in [7, 11) is 0. The number of amides is 1. The first kappa shape index (κ1) is 23.3. The number of alkyl halides is 5. The van der Waals surface area contributed by atoms with Crippen molar-refractivity contribution in [3.63, 3.8) is 0 Å². The molecule has 2 aliphatic carbocycles. The third-order valence-electron chi connectivity index (χ3n) is 6.75. The van der Waals surface area contributed by atoms with Crippen LogP contribution < -0.4 is 10.6 Å². The number of halogens is 5. The fraction of sp³-hybridized carbons (Fsp3) is 0.591. The molecule has 0 spiro atoms. The van der Waals surface area contributed by atoms with Crippen molar-refractivity contribution < 1.29 is 22.4 Å². The minimum atomic E-state index is -4.23. The Kier molecular flexibility index (Phi) is 5.96. The fourth-order valence-corrected chi connectivity index (χ4v) is 5.18. The lowest BCUT2D eigenvalue weighted by atomic mass is 9.90. The molecule has 2 aliphatic rings. The monoisotopic (exact) mass is 500 g/mol. The molecule has 2 atom stereocenters. The van der Waals surface area contributed by atoms with Gasteiger partial charge in [-0.15, -0.1) is 0 Å². The topological polar surface area (TPSA) is 87.6 Å². The number of carbonyl (C=O) groups excluding carboxylic acids is 1. The Morgan fingerprint density at radius 2 is 2.03 bits per heavy atom. The number of H-pyrrole nitrogens is 1. The molecule has 0 aromatic carbocycles. The second-order valence-corrected chi connectivity index (χ2v) is 9.82. The second kappa shape index (κ2) is 8.67. The van der Waals surface area contributed by atoms with Crippen LogP contribution in [0.2, 0.25) is 0 Å². The average Bonchev–Trinajstić information content (AvgIpc) is 3.12. The SMILES string of the molecule is O=C(NCCc1nc2cnc3[nH]ccc3c2n1C1CCC(NCC(F)(F)F)CC1)C1CC1(F)Cl. The van der Waals surface area contributed by atoms with Gasteiger partial charge in [-0.2, -0.15) is 13.2 Å². The summed E-state index contributed by atoms with van der Waals surface area (Å²) in [6.45, 7) is -0.710. The van der Waals surface area contributed by atoms with Crippen LogP contribution in [0.5, 0.6) is 0 Å². The van der Waals surface area contributed by atoms with Gasteiger partial charge >= 0.3 is 6.18 Å². The molecule has 12 heteroatoms. The lowest BCUT2D eigenvalue weighted by Crippen LogP contribution is -2.39. The zero-order chi connectivity index (χ0) is 24.1. The van der Waals surface area contributed by atoms with Gasteiger partial charge in [0.15, 0.2) is 5.13 Å². The van der Waals surface area contributed by atoms with Gasteiger partial charge in [0.2, 0.25) is 5.91 Å². The van der Waals surface area contributed by atoms with Gasteiger partial charge in [0.05, 0.1) is 24.2 Å². The molecule has 0 radical (unpaired) electrons. The molecule has 3 heterocycles. The average molecular weight is 501 g/mol. The first-order valence-corrected chi connectivity index (χ1v) is 11.8. The van der Waals surface area contributed by atoms with E-state index < -0.39 is 29.7 Å². The van der Waals surface area contributed by atoms with Crippen LogP contribution in [0.25, 0.3) is 22.1 Å². The van der Waals surface area contributed by atoms with Crippen LogP contribution in [0.4, 0.5) is 17.6 Å².